The molecule has 1 nitrogen and oxygen atoms in total. The molecular weight excluding hydrogens is 184 g/mol. The molecule has 2 aromatic rings. The van der Waals surface area contributed by atoms with Gasteiger partial charge in [-0.3, -0.25) is 0 Å². The molecule has 0 fully saturated rings. The quantitative estimate of drug-likeness (QED) is 0.709. The molecule has 1 heteroatoms. The van der Waals surface area contributed by atoms with Gasteiger partial charge in [-0.25, -0.2) is 0 Å². The molecule has 2 aromatic carbocycles. The second-order valence-corrected chi connectivity index (χ2v) is 3.51. The fourth-order valence-electron chi connectivity index (χ4n) is 1.39. The molecule has 0 aliphatic heterocycles. The summed E-state index contributed by atoms with van der Waals surface area (Å²) in [6.45, 7) is 4.08. The van der Waals surface area contributed by atoms with Gasteiger partial charge in [-0.15, -0.1) is 0 Å². The van der Waals surface area contributed by atoms with E-state index in [2.05, 4.69) is 6.07 Å². The fraction of sp³-hybridized carbons (Fsp3) is 0.143. The summed E-state index contributed by atoms with van der Waals surface area (Å²) in [7, 11) is 0. The SMILES string of the molecule is Cc1[c]ccc(Oc2ccccc2)c1C. The predicted octanol–water partition coefficient (Wildman–Crippen LogP) is 3.90. The van der Waals surface area contributed by atoms with Crippen molar-refractivity contribution in [2.75, 3.05) is 0 Å². The van der Waals surface area contributed by atoms with Crippen LogP contribution in [0.3, 0.4) is 0 Å². The van der Waals surface area contributed by atoms with Crippen molar-refractivity contribution in [2.45, 2.75) is 13.8 Å². The summed E-state index contributed by atoms with van der Waals surface area (Å²) in [5.74, 6) is 1.77. The van der Waals surface area contributed by atoms with Gasteiger partial charge in [0.1, 0.15) is 11.5 Å². The molecule has 1 radical (unpaired) electrons. The summed E-state index contributed by atoms with van der Waals surface area (Å²) in [5, 5.41) is 0. The fourth-order valence-corrected chi connectivity index (χ4v) is 1.39. The number of rotatable bonds is 2. The zero-order chi connectivity index (χ0) is 10.7. The van der Waals surface area contributed by atoms with Crippen LogP contribution in [0, 0.1) is 19.9 Å². The van der Waals surface area contributed by atoms with Crippen LogP contribution in [-0.4, -0.2) is 0 Å². The minimum absolute atomic E-state index is 0.867. The third kappa shape index (κ3) is 2.18. The van der Waals surface area contributed by atoms with Gasteiger partial charge in [0.15, 0.2) is 0 Å². The van der Waals surface area contributed by atoms with Gasteiger partial charge in [0.05, 0.1) is 0 Å². The Morgan fingerprint density at radius 3 is 2.47 bits per heavy atom. The minimum Gasteiger partial charge on any atom is -0.457 e. The maximum atomic E-state index is 5.77. The van der Waals surface area contributed by atoms with Crippen LogP contribution in [0.1, 0.15) is 11.1 Å². The van der Waals surface area contributed by atoms with E-state index in [0.29, 0.717) is 0 Å². The number of benzene rings is 2. The highest BCUT2D eigenvalue weighted by Gasteiger charge is 2.02. The summed E-state index contributed by atoms with van der Waals surface area (Å²) >= 11 is 0. The maximum absolute atomic E-state index is 5.77. The molecule has 0 saturated heterocycles. The minimum atomic E-state index is 0.867. The van der Waals surface area contributed by atoms with E-state index in [-0.39, 0.29) is 0 Å². The van der Waals surface area contributed by atoms with Crippen molar-refractivity contribution in [1.29, 1.82) is 0 Å². The van der Waals surface area contributed by atoms with E-state index in [1.54, 1.807) is 0 Å². The molecule has 0 heterocycles. The van der Waals surface area contributed by atoms with Gasteiger partial charge in [-0.05, 0) is 49.2 Å². The lowest BCUT2D eigenvalue weighted by Gasteiger charge is -2.09. The van der Waals surface area contributed by atoms with Crippen molar-refractivity contribution in [3.05, 3.63) is 59.7 Å². The van der Waals surface area contributed by atoms with Crippen LogP contribution in [0.15, 0.2) is 42.5 Å². The molecule has 75 valence electrons. The second-order valence-electron chi connectivity index (χ2n) is 3.51. The number of para-hydroxylation sites is 1. The maximum Gasteiger partial charge on any atom is 0.130 e. The number of aryl methyl sites for hydroxylation is 1. The number of hydrogen-bond donors (Lipinski definition) is 0. The normalized spacial score (nSPS) is 10.0. The van der Waals surface area contributed by atoms with Crippen LogP contribution in [0.25, 0.3) is 0 Å². The van der Waals surface area contributed by atoms with Crippen molar-refractivity contribution >= 4 is 0 Å². The van der Waals surface area contributed by atoms with Gasteiger partial charge in [0, 0.05) is 0 Å². The molecule has 15 heavy (non-hydrogen) atoms. The standard InChI is InChI=1S/C14H13O/c1-11-7-6-10-14(12(11)2)15-13-8-4-3-5-9-13/h3-6,8-10H,1-2H3. The lowest BCUT2D eigenvalue weighted by atomic mass is 10.1. The van der Waals surface area contributed by atoms with Crippen LogP contribution < -0.4 is 4.74 Å². The summed E-state index contributed by atoms with van der Waals surface area (Å²) in [4.78, 5) is 0. The van der Waals surface area contributed by atoms with Crippen molar-refractivity contribution < 1.29 is 4.74 Å². The Hall–Kier alpha value is -1.76. The first-order valence-electron chi connectivity index (χ1n) is 4.98. The first-order valence-corrected chi connectivity index (χ1v) is 4.98. The summed E-state index contributed by atoms with van der Waals surface area (Å²) in [5.41, 5.74) is 2.27. The van der Waals surface area contributed by atoms with Gasteiger partial charge in [0.2, 0.25) is 0 Å². The highest BCUT2D eigenvalue weighted by Crippen LogP contribution is 2.25. The number of ether oxygens (including phenoxy) is 1. The Kier molecular flexibility index (Phi) is 2.72. The molecule has 0 aliphatic rings. The molecule has 0 atom stereocenters. The van der Waals surface area contributed by atoms with Crippen LogP contribution in [0.2, 0.25) is 0 Å². The van der Waals surface area contributed by atoms with Crippen molar-refractivity contribution in [2.24, 2.45) is 0 Å². The molecule has 0 aromatic heterocycles. The Bertz CT molecular complexity index is 446. The van der Waals surface area contributed by atoms with Crippen LogP contribution >= 0.6 is 0 Å². The van der Waals surface area contributed by atoms with Gasteiger partial charge in [-0.1, -0.05) is 24.3 Å². The Balaban J connectivity index is 2.29. The largest absolute Gasteiger partial charge is 0.457 e. The molecule has 0 unspecified atom stereocenters. The molecule has 0 aliphatic carbocycles. The van der Waals surface area contributed by atoms with E-state index in [1.165, 1.54) is 0 Å². The van der Waals surface area contributed by atoms with Gasteiger partial charge >= 0.3 is 0 Å². The molecule has 0 bridgehead atoms. The summed E-state index contributed by atoms with van der Waals surface area (Å²) in [6.07, 6.45) is 0. The summed E-state index contributed by atoms with van der Waals surface area (Å²) < 4.78 is 5.77. The topological polar surface area (TPSA) is 9.23 Å². The van der Waals surface area contributed by atoms with Crippen molar-refractivity contribution in [3.63, 3.8) is 0 Å². The van der Waals surface area contributed by atoms with E-state index in [9.17, 15) is 0 Å². The highest BCUT2D eigenvalue weighted by atomic mass is 16.5. The predicted molar refractivity (Wildman–Crippen MR) is 61.3 cm³/mol. The Morgan fingerprint density at radius 1 is 1.00 bits per heavy atom. The average Bonchev–Trinajstić information content (AvgIpc) is 2.26. The highest BCUT2D eigenvalue weighted by molar-refractivity contribution is 5.40. The van der Waals surface area contributed by atoms with Crippen LogP contribution in [0.4, 0.5) is 0 Å². The number of hydrogen-bond acceptors (Lipinski definition) is 1. The molecule has 0 spiro atoms. The first-order chi connectivity index (χ1) is 7.27. The monoisotopic (exact) mass is 197 g/mol. The molecule has 0 saturated carbocycles. The molecule has 0 N–H and O–H groups in total. The van der Waals surface area contributed by atoms with E-state index in [0.717, 1.165) is 22.6 Å². The van der Waals surface area contributed by atoms with E-state index in [1.807, 2.05) is 56.3 Å². The Labute approximate surface area is 90.3 Å². The molecular formula is C14H13O. The molecule has 2 rings (SSSR count). The van der Waals surface area contributed by atoms with E-state index >= 15 is 0 Å². The first kappa shape index (κ1) is 9.78. The van der Waals surface area contributed by atoms with Gasteiger partial charge in [0.25, 0.3) is 0 Å². The Morgan fingerprint density at radius 2 is 1.73 bits per heavy atom. The average molecular weight is 197 g/mol. The van der Waals surface area contributed by atoms with Crippen molar-refractivity contribution in [1.82, 2.24) is 0 Å². The lowest BCUT2D eigenvalue weighted by molar-refractivity contribution is 0.478. The molecule has 0 amide bonds. The van der Waals surface area contributed by atoms with Crippen LogP contribution in [0.5, 0.6) is 11.5 Å². The van der Waals surface area contributed by atoms with Gasteiger partial charge < -0.3 is 4.74 Å². The zero-order valence-corrected chi connectivity index (χ0v) is 8.95. The van der Waals surface area contributed by atoms with Crippen molar-refractivity contribution in [3.8, 4) is 11.5 Å². The van der Waals surface area contributed by atoms with E-state index < -0.39 is 0 Å². The van der Waals surface area contributed by atoms with Crippen LogP contribution in [-0.2, 0) is 0 Å². The van der Waals surface area contributed by atoms with Gasteiger partial charge in [-0.2, -0.15) is 0 Å². The smallest absolute Gasteiger partial charge is 0.130 e. The zero-order valence-electron chi connectivity index (χ0n) is 8.95. The second kappa shape index (κ2) is 4.18. The lowest BCUT2D eigenvalue weighted by Crippen LogP contribution is -1.89. The summed E-state index contributed by atoms with van der Waals surface area (Å²) in [6, 6.07) is 16.8. The third-order valence-corrected chi connectivity index (χ3v) is 2.44. The van der Waals surface area contributed by atoms with E-state index in [4.69, 9.17) is 4.74 Å². The third-order valence-electron chi connectivity index (χ3n) is 2.44.